The van der Waals surface area contributed by atoms with Crippen LogP contribution in [0.3, 0.4) is 0 Å². The highest BCUT2D eigenvalue weighted by Gasteiger charge is 2.20. The van der Waals surface area contributed by atoms with Gasteiger partial charge in [-0.2, -0.15) is 0 Å². The Hall–Kier alpha value is -2.66. The minimum Gasteiger partial charge on any atom is -0.326 e. The second kappa shape index (κ2) is 6.92. The number of carbonyl (C=O) groups is 2. The van der Waals surface area contributed by atoms with Crippen LogP contribution >= 0.6 is 0 Å². The lowest BCUT2D eigenvalue weighted by atomic mass is 10.1. The van der Waals surface area contributed by atoms with Crippen LogP contribution in [0.25, 0.3) is 0 Å². The number of nitrogens with zero attached hydrogens (tertiary/aromatic N) is 1. The first kappa shape index (κ1) is 16.8. The van der Waals surface area contributed by atoms with Gasteiger partial charge in [0.1, 0.15) is 0 Å². The fourth-order valence-corrected chi connectivity index (χ4v) is 3.73. The Morgan fingerprint density at radius 2 is 2.04 bits per heavy atom. The van der Waals surface area contributed by atoms with Gasteiger partial charge in [-0.15, -0.1) is 0 Å². The van der Waals surface area contributed by atoms with Gasteiger partial charge in [-0.3, -0.25) is 14.5 Å². The molecule has 2 aromatic rings. The number of benzene rings is 2. The Balaban J connectivity index is 1.40. The number of amides is 2. The maximum absolute atomic E-state index is 12.5. The van der Waals surface area contributed by atoms with E-state index in [1.807, 2.05) is 42.5 Å². The minimum atomic E-state index is -0.136. The fourth-order valence-electron chi connectivity index (χ4n) is 3.73. The number of hydrogen-bond donors (Lipinski definition) is 2. The third-order valence-corrected chi connectivity index (χ3v) is 5.28. The van der Waals surface area contributed by atoms with Crippen molar-refractivity contribution in [2.45, 2.75) is 38.8 Å². The highest BCUT2D eigenvalue weighted by molar-refractivity contribution is 6.05. The van der Waals surface area contributed by atoms with Crippen LogP contribution in [0.15, 0.2) is 42.5 Å². The summed E-state index contributed by atoms with van der Waals surface area (Å²) in [6.45, 7) is 4.36. The molecule has 1 atom stereocenters. The summed E-state index contributed by atoms with van der Waals surface area (Å²) in [7, 11) is 0. The number of carbonyl (C=O) groups excluding carboxylic acids is 2. The van der Waals surface area contributed by atoms with E-state index in [9.17, 15) is 9.59 Å². The summed E-state index contributed by atoms with van der Waals surface area (Å²) >= 11 is 0. The van der Waals surface area contributed by atoms with Crippen LogP contribution in [0, 0.1) is 0 Å². The van der Waals surface area contributed by atoms with Gasteiger partial charge in [0.2, 0.25) is 5.91 Å². The summed E-state index contributed by atoms with van der Waals surface area (Å²) in [5.41, 5.74) is 4.33. The predicted octanol–water partition coefficient (Wildman–Crippen LogP) is 3.42. The molecule has 2 aromatic carbocycles. The lowest BCUT2D eigenvalue weighted by molar-refractivity contribution is -0.115. The summed E-state index contributed by atoms with van der Waals surface area (Å²) in [6, 6.07) is 14.0. The third-order valence-electron chi connectivity index (χ3n) is 5.28. The Morgan fingerprint density at radius 3 is 2.77 bits per heavy atom. The molecule has 0 aromatic heterocycles. The molecule has 2 amide bonds. The molecule has 0 radical (unpaired) electrons. The van der Waals surface area contributed by atoms with Crippen LogP contribution in [0.4, 0.5) is 11.4 Å². The maximum atomic E-state index is 12.5. The first-order valence-electron chi connectivity index (χ1n) is 9.15. The van der Waals surface area contributed by atoms with Crippen molar-refractivity contribution in [3.8, 4) is 0 Å². The van der Waals surface area contributed by atoms with Gasteiger partial charge in [-0.25, -0.2) is 0 Å². The Bertz CT molecular complexity index is 845. The van der Waals surface area contributed by atoms with Crippen LogP contribution in [-0.4, -0.2) is 29.3 Å². The SMILES string of the molecule is C[C@H]1CCCN1Cc1ccc(C(=O)Nc2ccc3c(c2)CC(=O)N3)cc1. The molecule has 2 aliphatic rings. The molecule has 4 rings (SSSR count). The fraction of sp³-hybridized carbons (Fsp3) is 0.333. The molecule has 2 aliphatic heterocycles. The van der Waals surface area contributed by atoms with Crippen LogP contribution < -0.4 is 10.6 Å². The predicted molar refractivity (Wildman–Crippen MR) is 102 cm³/mol. The van der Waals surface area contributed by atoms with Gasteiger partial charge in [-0.1, -0.05) is 12.1 Å². The Labute approximate surface area is 153 Å². The first-order chi connectivity index (χ1) is 12.6. The normalized spacial score (nSPS) is 19.3. The van der Waals surface area contributed by atoms with Crippen molar-refractivity contribution < 1.29 is 9.59 Å². The van der Waals surface area contributed by atoms with Crippen molar-refractivity contribution in [2.75, 3.05) is 17.2 Å². The molecule has 5 heteroatoms. The number of likely N-dealkylation sites (tertiary alicyclic amines) is 1. The zero-order valence-electron chi connectivity index (χ0n) is 14.9. The van der Waals surface area contributed by atoms with Gasteiger partial charge in [-0.05, 0) is 67.8 Å². The van der Waals surface area contributed by atoms with E-state index in [1.165, 1.54) is 18.4 Å². The van der Waals surface area contributed by atoms with Gasteiger partial charge in [0.05, 0.1) is 6.42 Å². The monoisotopic (exact) mass is 349 g/mol. The molecule has 5 nitrogen and oxygen atoms in total. The second-order valence-electron chi connectivity index (χ2n) is 7.21. The average molecular weight is 349 g/mol. The number of nitrogens with one attached hydrogen (secondary N) is 2. The van der Waals surface area contributed by atoms with Gasteiger partial charge in [0, 0.05) is 29.5 Å². The van der Waals surface area contributed by atoms with E-state index in [-0.39, 0.29) is 11.8 Å². The van der Waals surface area contributed by atoms with Crippen LogP contribution in [0.1, 0.15) is 41.3 Å². The highest BCUT2D eigenvalue weighted by Crippen LogP contribution is 2.26. The average Bonchev–Trinajstić information content (AvgIpc) is 3.19. The molecule has 134 valence electrons. The molecule has 2 N–H and O–H groups in total. The van der Waals surface area contributed by atoms with Gasteiger partial charge in [0.15, 0.2) is 0 Å². The Kier molecular flexibility index (Phi) is 4.47. The van der Waals surface area contributed by atoms with Crippen molar-refractivity contribution in [3.05, 3.63) is 59.2 Å². The van der Waals surface area contributed by atoms with Gasteiger partial charge in [0.25, 0.3) is 5.91 Å². The largest absolute Gasteiger partial charge is 0.326 e. The smallest absolute Gasteiger partial charge is 0.255 e. The molecule has 0 aliphatic carbocycles. The summed E-state index contributed by atoms with van der Waals surface area (Å²) in [6.07, 6.45) is 2.90. The van der Waals surface area contributed by atoms with Gasteiger partial charge >= 0.3 is 0 Å². The zero-order valence-corrected chi connectivity index (χ0v) is 14.9. The van der Waals surface area contributed by atoms with Crippen molar-refractivity contribution in [2.24, 2.45) is 0 Å². The number of hydrogen-bond acceptors (Lipinski definition) is 3. The standard InChI is InChI=1S/C21H23N3O2/c1-14-3-2-10-24(14)13-15-4-6-16(7-5-15)21(26)22-18-8-9-19-17(11-18)12-20(25)23-19/h4-9,11,14H,2-3,10,12-13H2,1H3,(H,22,26)(H,23,25)/t14-/m0/s1. The molecular weight excluding hydrogens is 326 g/mol. The number of fused-ring (bicyclic) bond motifs is 1. The molecular formula is C21H23N3O2. The van der Waals surface area contributed by atoms with Crippen molar-refractivity contribution in [3.63, 3.8) is 0 Å². The summed E-state index contributed by atoms with van der Waals surface area (Å²) in [5.74, 6) is -0.144. The highest BCUT2D eigenvalue weighted by atomic mass is 16.2. The van der Waals surface area contributed by atoms with Crippen LogP contribution in [0.2, 0.25) is 0 Å². The number of anilines is 2. The molecule has 26 heavy (non-hydrogen) atoms. The van der Waals surface area contributed by atoms with Crippen molar-refractivity contribution in [1.82, 2.24) is 4.90 Å². The molecule has 0 saturated carbocycles. The van der Waals surface area contributed by atoms with Crippen LogP contribution in [0.5, 0.6) is 0 Å². The van der Waals surface area contributed by atoms with E-state index < -0.39 is 0 Å². The minimum absolute atomic E-state index is 0.00798. The van der Waals surface area contributed by atoms with Crippen molar-refractivity contribution >= 4 is 23.2 Å². The van der Waals surface area contributed by atoms with E-state index in [1.54, 1.807) is 0 Å². The lowest BCUT2D eigenvalue weighted by Gasteiger charge is -2.20. The molecule has 0 bridgehead atoms. The Morgan fingerprint density at radius 1 is 1.23 bits per heavy atom. The quantitative estimate of drug-likeness (QED) is 0.889. The molecule has 2 heterocycles. The molecule has 0 spiro atoms. The topological polar surface area (TPSA) is 61.4 Å². The maximum Gasteiger partial charge on any atom is 0.255 e. The molecule has 1 saturated heterocycles. The molecule has 0 unspecified atom stereocenters. The first-order valence-corrected chi connectivity index (χ1v) is 9.15. The van der Waals surface area contributed by atoms with E-state index >= 15 is 0 Å². The van der Waals surface area contributed by atoms with E-state index in [4.69, 9.17) is 0 Å². The van der Waals surface area contributed by atoms with Crippen molar-refractivity contribution in [1.29, 1.82) is 0 Å². The van der Waals surface area contributed by atoms with E-state index in [0.717, 1.165) is 24.3 Å². The summed E-state index contributed by atoms with van der Waals surface area (Å²) in [4.78, 5) is 26.4. The molecule has 1 fully saturated rings. The van der Waals surface area contributed by atoms with Gasteiger partial charge < -0.3 is 10.6 Å². The van der Waals surface area contributed by atoms with E-state index in [0.29, 0.717) is 23.7 Å². The lowest BCUT2D eigenvalue weighted by Crippen LogP contribution is -2.26. The summed E-state index contributed by atoms with van der Waals surface area (Å²) in [5, 5.41) is 5.71. The third kappa shape index (κ3) is 3.48. The second-order valence-corrected chi connectivity index (χ2v) is 7.21. The number of rotatable bonds is 4. The zero-order chi connectivity index (χ0) is 18.1. The van der Waals surface area contributed by atoms with E-state index in [2.05, 4.69) is 22.5 Å². The van der Waals surface area contributed by atoms with Crippen LogP contribution in [-0.2, 0) is 17.8 Å². The summed E-state index contributed by atoms with van der Waals surface area (Å²) < 4.78 is 0.